The van der Waals surface area contributed by atoms with Gasteiger partial charge in [-0.05, 0) is 78.4 Å². The van der Waals surface area contributed by atoms with E-state index in [2.05, 4.69) is 20.6 Å². The first-order valence-electron chi connectivity index (χ1n) is 12.2. The molecule has 0 atom stereocenters. The molecule has 0 spiro atoms. The monoisotopic (exact) mass is 580 g/mol. The topological polar surface area (TPSA) is 117 Å². The highest BCUT2D eigenvalue weighted by Gasteiger charge is 2.17. The van der Waals surface area contributed by atoms with Crippen LogP contribution in [0.25, 0.3) is 11.0 Å². The van der Waals surface area contributed by atoms with Gasteiger partial charge in [0, 0.05) is 38.2 Å². The Hall–Kier alpha value is -4.26. The van der Waals surface area contributed by atoms with Crippen LogP contribution in [-0.4, -0.2) is 35.0 Å². The number of halogens is 2. The maximum Gasteiger partial charge on any atom is 0.254 e. The number of imidazole rings is 1. The van der Waals surface area contributed by atoms with E-state index in [1.165, 1.54) is 18.2 Å². The molecule has 0 aliphatic carbocycles. The number of hydrogen-bond acceptors (Lipinski definition) is 8. The molecule has 5 rings (SSSR count). The first-order chi connectivity index (χ1) is 19.1. The van der Waals surface area contributed by atoms with Crippen molar-refractivity contribution in [2.75, 3.05) is 22.6 Å². The fraction of sp³-hybridized carbons (Fsp3) is 0.148. The zero-order valence-electron chi connectivity index (χ0n) is 21.9. The number of aromatic nitrogens is 4. The van der Waals surface area contributed by atoms with E-state index in [-0.39, 0.29) is 16.7 Å². The third-order valence-corrected chi connectivity index (χ3v) is 8.24. The number of hydrogen-bond donors (Lipinski definition) is 3. The third kappa shape index (κ3) is 5.69. The summed E-state index contributed by atoms with van der Waals surface area (Å²) in [6.07, 6.45) is 1.61. The second kappa shape index (κ2) is 11.1. The second-order valence-electron chi connectivity index (χ2n) is 9.13. The number of nitrogens with one attached hydrogen (secondary N) is 3. The van der Waals surface area contributed by atoms with Crippen LogP contribution < -0.4 is 19.8 Å². The van der Waals surface area contributed by atoms with Crippen molar-refractivity contribution in [1.29, 1.82) is 0 Å². The summed E-state index contributed by atoms with van der Waals surface area (Å²) >= 11 is 5.41. The summed E-state index contributed by atoms with van der Waals surface area (Å²) in [5.74, 6) is 1.29. The van der Waals surface area contributed by atoms with Gasteiger partial charge in [0.2, 0.25) is 11.9 Å². The Morgan fingerprint density at radius 1 is 1.05 bits per heavy atom. The Morgan fingerprint density at radius 2 is 1.88 bits per heavy atom. The van der Waals surface area contributed by atoms with E-state index < -0.39 is 10.0 Å². The normalized spacial score (nSPS) is 11.5. The SMILES string of the molecule is Cc1ccc(Nc2nccc(N(C)c3ccc4c(c3)nc(NCc3cccc(F)c3)n4C)n2)cc1S(=O)(=O)NCl. The minimum absolute atomic E-state index is 0.0502. The summed E-state index contributed by atoms with van der Waals surface area (Å²) in [6, 6.07) is 19.0. The van der Waals surface area contributed by atoms with Crippen LogP contribution in [0.4, 0.5) is 33.5 Å². The Kier molecular flexibility index (Phi) is 7.57. The number of anilines is 5. The molecule has 10 nitrogen and oxygen atoms in total. The van der Waals surface area contributed by atoms with E-state index in [1.807, 2.05) is 52.1 Å². The number of aryl methyl sites for hydroxylation is 2. The van der Waals surface area contributed by atoms with E-state index in [0.29, 0.717) is 29.6 Å². The summed E-state index contributed by atoms with van der Waals surface area (Å²) in [5.41, 5.74) is 4.42. The lowest BCUT2D eigenvalue weighted by Gasteiger charge is -2.19. The summed E-state index contributed by atoms with van der Waals surface area (Å²) < 4.78 is 41.7. The number of rotatable bonds is 9. The number of fused-ring (bicyclic) bond motifs is 1. The largest absolute Gasteiger partial charge is 0.352 e. The van der Waals surface area contributed by atoms with Crippen LogP contribution in [0.3, 0.4) is 0 Å². The van der Waals surface area contributed by atoms with Crippen molar-refractivity contribution in [3.63, 3.8) is 0 Å². The molecule has 3 N–H and O–H groups in total. The standard InChI is InChI=1S/C27H26ClFN8O2S/c1-17-7-8-20(14-24(17)40(38,39)35-28)32-26-30-12-11-25(34-26)36(2)21-9-10-23-22(15-21)33-27(37(23)3)31-16-18-5-4-6-19(29)13-18/h4-15,35H,16H2,1-3H3,(H,31,33)(H,30,32,34). The quantitative estimate of drug-likeness (QED) is 0.199. The van der Waals surface area contributed by atoms with Gasteiger partial charge in [-0.1, -0.05) is 18.2 Å². The van der Waals surface area contributed by atoms with Crippen molar-refractivity contribution in [1.82, 2.24) is 23.8 Å². The Morgan fingerprint density at radius 3 is 2.65 bits per heavy atom. The van der Waals surface area contributed by atoms with Crippen molar-refractivity contribution < 1.29 is 12.8 Å². The van der Waals surface area contributed by atoms with Crippen molar-refractivity contribution >= 4 is 61.9 Å². The Labute approximate surface area is 236 Å². The number of sulfonamides is 1. The van der Waals surface area contributed by atoms with Crippen molar-refractivity contribution in [2.45, 2.75) is 18.4 Å². The second-order valence-corrected chi connectivity index (χ2v) is 11.2. The average Bonchev–Trinajstić information content (AvgIpc) is 3.27. The van der Waals surface area contributed by atoms with Crippen LogP contribution >= 0.6 is 11.8 Å². The van der Waals surface area contributed by atoms with Crippen LogP contribution in [0.15, 0.2) is 77.8 Å². The zero-order chi connectivity index (χ0) is 28.4. The van der Waals surface area contributed by atoms with Crippen LogP contribution in [-0.2, 0) is 23.6 Å². The molecule has 0 aliphatic heterocycles. The smallest absolute Gasteiger partial charge is 0.254 e. The predicted molar refractivity (Wildman–Crippen MR) is 155 cm³/mol. The molecule has 0 bridgehead atoms. The molecule has 2 heterocycles. The van der Waals surface area contributed by atoms with E-state index in [9.17, 15) is 12.8 Å². The molecule has 206 valence electrons. The summed E-state index contributed by atoms with van der Waals surface area (Å²) in [4.78, 5) is 15.5. The van der Waals surface area contributed by atoms with Crippen LogP contribution in [0.5, 0.6) is 0 Å². The molecular formula is C27H26ClFN8O2S. The lowest BCUT2D eigenvalue weighted by Crippen LogP contribution is -2.15. The zero-order valence-corrected chi connectivity index (χ0v) is 23.4. The molecule has 0 aliphatic rings. The predicted octanol–water partition coefficient (Wildman–Crippen LogP) is 5.37. The maximum absolute atomic E-state index is 13.5. The maximum atomic E-state index is 13.5. The van der Waals surface area contributed by atoms with Gasteiger partial charge in [-0.15, -0.1) is 4.24 Å². The molecule has 0 fully saturated rings. The van der Waals surface area contributed by atoms with E-state index >= 15 is 0 Å². The van der Waals surface area contributed by atoms with Gasteiger partial charge in [0.05, 0.1) is 15.9 Å². The number of nitrogens with zero attached hydrogens (tertiary/aromatic N) is 5. The first kappa shape index (κ1) is 27.3. The van der Waals surface area contributed by atoms with Gasteiger partial charge < -0.3 is 20.1 Å². The number of benzene rings is 3. The van der Waals surface area contributed by atoms with Gasteiger partial charge in [0.25, 0.3) is 10.0 Å². The van der Waals surface area contributed by atoms with E-state index in [1.54, 1.807) is 37.4 Å². The fourth-order valence-corrected chi connectivity index (χ4v) is 5.36. The van der Waals surface area contributed by atoms with E-state index in [0.717, 1.165) is 22.3 Å². The molecule has 0 radical (unpaired) electrons. The molecule has 0 saturated heterocycles. The summed E-state index contributed by atoms with van der Waals surface area (Å²) in [6.45, 7) is 2.12. The van der Waals surface area contributed by atoms with Gasteiger partial charge in [-0.25, -0.2) is 22.8 Å². The third-order valence-electron chi connectivity index (χ3n) is 6.41. The molecule has 3 aromatic carbocycles. The lowest BCUT2D eigenvalue weighted by molar-refractivity contribution is 0.593. The molecule has 0 unspecified atom stereocenters. The van der Waals surface area contributed by atoms with Gasteiger partial charge >= 0.3 is 0 Å². The van der Waals surface area contributed by atoms with Gasteiger partial charge in [-0.2, -0.15) is 4.98 Å². The molecule has 13 heteroatoms. The fourth-order valence-electron chi connectivity index (χ4n) is 4.25. The molecule has 40 heavy (non-hydrogen) atoms. The minimum Gasteiger partial charge on any atom is -0.352 e. The van der Waals surface area contributed by atoms with E-state index in [4.69, 9.17) is 16.8 Å². The first-order valence-corrected chi connectivity index (χ1v) is 14.0. The molecule has 5 aromatic rings. The van der Waals surface area contributed by atoms with Gasteiger partial charge in [-0.3, -0.25) is 0 Å². The van der Waals surface area contributed by atoms with Gasteiger partial charge in [0.15, 0.2) is 0 Å². The van der Waals surface area contributed by atoms with Crippen molar-refractivity contribution in [3.8, 4) is 0 Å². The van der Waals surface area contributed by atoms with Crippen LogP contribution in [0.1, 0.15) is 11.1 Å². The van der Waals surface area contributed by atoms with Crippen molar-refractivity contribution in [3.05, 3.63) is 89.9 Å². The molecule has 0 saturated carbocycles. The van der Waals surface area contributed by atoms with Gasteiger partial charge in [0.1, 0.15) is 11.6 Å². The minimum atomic E-state index is -3.84. The Balaban J connectivity index is 1.36. The molecular weight excluding hydrogens is 555 g/mol. The highest BCUT2D eigenvalue weighted by atomic mass is 35.5. The van der Waals surface area contributed by atoms with Crippen molar-refractivity contribution in [2.24, 2.45) is 7.05 Å². The lowest BCUT2D eigenvalue weighted by atomic mass is 10.2. The average molecular weight is 581 g/mol. The summed E-state index contributed by atoms with van der Waals surface area (Å²) in [7, 11) is -0.0476. The highest BCUT2D eigenvalue weighted by molar-refractivity contribution is 7.90. The highest BCUT2D eigenvalue weighted by Crippen LogP contribution is 2.28. The molecule has 2 aromatic heterocycles. The van der Waals surface area contributed by atoms with Crippen LogP contribution in [0, 0.1) is 12.7 Å². The molecule has 0 amide bonds. The summed E-state index contributed by atoms with van der Waals surface area (Å²) in [5, 5.41) is 6.33. The Bertz CT molecular complexity index is 1810. The van der Waals surface area contributed by atoms with Crippen LogP contribution in [0.2, 0.25) is 0 Å².